The van der Waals surface area contributed by atoms with E-state index >= 15 is 0 Å². The Morgan fingerprint density at radius 2 is 1.42 bits per heavy atom. The van der Waals surface area contributed by atoms with Gasteiger partial charge in [-0.3, -0.25) is 4.79 Å². The molecule has 0 bridgehead atoms. The van der Waals surface area contributed by atoms with E-state index in [4.69, 9.17) is 9.47 Å². The van der Waals surface area contributed by atoms with Crippen LogP contribution in [0.5, 0.6) is 0 Å². The largest absolute Gasteiger partial charge is 0.508 e. The lowest BCUT2D eigenvalue weighted by molar-refractivity contribution is -0.142. The number of rotatable bonds is 8. The van der Waals surface area contributed by atoms with Crippen LogP contribution in [0.2, 0.25) is 0 Å². The number of esters is 1. The van der Waals surface area contributed by atoms with E-state index in [1.807, 2.05) is 60.7 Å². The van der Waals surface area contributed by atoms with Crippen LogP contribution in [-0.2, 0) is 39.7 Å². The van der Waals surface area contributed by atoms with E-state index < -0.39 is 44.7 Å². The molecule has 1 aliphatic rings. The monoisotopic (exact) mass is 485 g/mol. The zero-order valence-corrected chi connectivity index (χ0v) is 19.1. The second-order valence-electron chi connectivity index (χ2n) is 7.15. The fourth-order valence-corrected chi connectivity index (χ4v) is 6.41. The number of carbonyl (C=O) groups excluding carboxylic acids is 2. The number of carbonyl (C=O) groups is 2. The molecule has 0 N–H and O–H groups in total. The van der Waals surface area contributed by atoms with E-state index in [1.165, 1.54) is 12.1 Å². The number of hydrogen-bond acceptors (Lipinski definition) is 7. The lowest BCUT2D eigenvalue weighted by Gasteiger charge is -2.10. The van der Waals surface area contributed by atoms with Gasteiger partial charge in [0.15, 0.2) is 36.4 Å². The Morgan fingerprint density at radius 3 is 1.94 bits per heavy atom. The minimum absolute atomic E-state index is 0.0310. The summed E-state index contributed by atoms with van der Waals surface area (Å²) in [6, 6.07) is 26.5. The summed E-state index contributed by atoms with van der Waals surface area (Å²) >= 11 is 0. The van der Waals surface area contributed by atoms with Gasteiger partial charge in [0.05, 0.1) is 15.8 Å². The molecular formula is C24H21O7S2+. The van der Waals surface area contributed by atoms with Crippen LogP contribution in [0.25, 0.3) is 0 Å². The molecule has 0 aliphatic carbocycles. The highest BCUT2D eigenvalue weighted by molar-refractivity contribution is 7.97. The molecule has 1 heterocycles. The lowest BCUT2D eigenvalue weighted by Crippen LogP contribution is -2.25. The summed E-state index contributed by atoms with van der Waals surface area (Å²) in [6.45, 7) is -0.291. The summed E-state index contributed by atoms with van der Waals surface area (Å²) in [5.74, 6) is -1.73. The molecule has 4 rings (SSSR count). The van der Waals surface area contributed by atoms with Gasteiger partial charge in [-0.15, -0.1) is 0 Å². The van der Waals surface area contributed by atoms with Crippen molar-refractivity contribution < 1.29 is 32.2 Å². The van der Waals surface area contributed by atoms with Gasteiger partial charge in [0, 0.05) is 0 Å². The van der Waals surface area contributed by atoms with Crippen LogP contribution < -0.4 is 0 Å². The molecule has 170 valence electrons. The van der Waals surface area contributed by atoms with Crippen LogP contribution >= 0.6 is 0 Å². The summed E-state index contributed by atoms with van der Waals surface area (Å²) < 4.78 is 39.7. The zero-order valence-electron chi connectivity index (χ0n) is 17.5. The second-order valence-corrected chi connectivity index (χ2v) is 11.2. The molecule has 0 aromatic heterocycles. The number of benzene rings is 3. The van der Waals surface area contributed by atoms with Crippen molar-refractivity contribution in [3.63, 3.8) is 0 Å². The number of cyclic esters (lactones) is 2. The molecule has 9 heteroatoms. The minimum atomic E-state index is -3.90. The molecule has 0 saturated carbocycles. The third-order valence-electron chi connectivity index (χ3n) is 4.76. The highest BCUT2D eigenvalue weighted by Crippen LogP contribution is 2.31. The first-order valence-corrected chi connectivity index (χ1v) is 13.0. The van der Waals surface area contributed by atoms with E-state index in [0.717, 1.165) is 14.7 Å². The fraction of sp³-hybridized carbons (Fsp3) is 0.167. The smallest absolute Gasteiger partial charge is 0.461 e. The predicted molar refractivity (Wildman–Crippen MR) is 121 cm³/mol. The van der Waals surface area contributed by atoms with Gasteiger partial charge in [-0.25, -0.2) is 13.2 Å². The third-order valence-corrected chi connectivity index (χ3v) is 8.60. The molecule has 3 aromatic rings. The van der Waals surface area contributed by atoms with E-state index in [0.29, 0.717) is 0 Å². The van der Waals surface area contributed by atoms with Crippen molar-refractivity contribution in [1.82, 2.24) is 0 Å². The Kier molecular flexibility index (Phi) is 7.00. The first-order valence-electron chi connectivity index (χ1n) is 10.1. The number of sulfone groups is 1. The van der Waals surface area contributed by atoms with Gasteiger partial charge >= 0.3 is 12.1 Å². The SMILES string of the molecule is O=C(CS(=O)(=O)c1ccc([S+](c2ccccc2)c2ccccc2)cc1)OCC1COC(=O)O1. The highest BCUT2D eigenvalue weighted by atomic mass is 32.2. The first kappa shape index (κ1) is 22.9. The van der Waals surface area contributed by atoms with Crippen molar-refractivity contribution in [2.75, 3.05) is 19.0 Å². The van der Waals surface area contributed by atoms with E-state index in [2.05, 4.69) is 4.74 Å². The highest BCUT2D eigenvalue weighted by Gasteiger charge is 2.30. The van der Waals surface area contributed by atoms with E-state index in [9.17, 15) is 18.0 Å². The molecular weight excluding hydrogens is 464 g/mol. The topological polar surface area (TPSA) is 96.0 Å². The molecule has 0 spiro atoms. The summed E-state index contributed by atoms with van der Waals surface area (Å²) in [5, 5.41) is 0. The Labute approximate surface area is 194 Å². The minimum Gasteiger partial charge on any atom is -0.461 e. The summed E-state index contributed by atoms with van der Waals surface area (Å²) in [5.41, 5.74) is 0. The van der Waals surface area contributed by atoms with Gasteiger partial charge in [0.25, 0.3) is 0 Å². The molecule has 1 unspecified atom stereocenters. The van der Waals surface area contributed by atoms with Gasteiger partial charge in [0.1, 0.15) is 13.2 Å². The predicted octanol–water partition coefficient (Wildman–Crippen LogP) is 3.63. The molecule has 1 aliphatic heterocycles. The molecule has 7 nitrogen and oxygen atoms in total. The average molecular weight is 486 g/mol. The Balaban J connectivity index is 1.49. The van der Waals surface area contributed by atoms with Crippen LogP contribution in [0, 0.1) is 0 Å². The molecule has 0 amide bonds. The molecule has 1 saturated heterocycles. The second kappa shape index (κ2) is 10.1. The summed E-state index contributed by atoms with van der Waals surface area (Å²) in [6.07, 6.45) is -1.56. The maximum atomic E-state index is 12.7. The Morgan fingerprint density at radius 1 is 0.879 bits per heavy atom. The van der Waals surface area contributed by atoms with Crippen LogP contribution in [0.15, 0.2) is 105 Å². The van der Waals surface area contributed by atoms with Crippen molar-refractivity contribution in [3.8, 4) is 0 Å². The Hall–Kier alpha value is -3.30. The average Bonchev–Trinajstić information content (AvgIpc) is 3.24. The molecule has 1 atom stereocenters. The van der Waals surface area contributed by atoms with Gasteiger partial charge < -0.3 is 14.2 Å². The molecule has 1 fully saturated rings. The zero-order chi connectivity index (χ0) is 23.3. The summed E-state index contributed by atoms with van der Waals surface area (Å²) in [4.78, 5) is 26.1. The van der Waals surface area contributed by atoms with Crippen molar-refractivity contribution >= 4 is 32.9 Å². The molecule has 0 radical (unpaired) electrons. The lowest BCUT2D eigenvalue weighted by atomic mass is 10.4. The fourth-order valence-electron chi connectivity index (χ4n) is 3.22. The number of ether oxygens (including phenoxy) is 3. The Bertz CT molecular complexity index is 1170. The van der Waals surface area contributed by atoms with Crippen LogP contribution in [0.4, 0.5) is 4.79 Å². The van der Waals surface area contributed by atoms with Crippen LogP contribution in [-0.4, -0.2) is 45.6 Å². The van der Waals surface area contributed by atoms with Crippen molar-refractivity contribution in [1.29, 1.82) is 0 Å². The molecule has 3 aromatic carbocycles. The van der Waals surface area contributed by atoms with Crippen LogP contribution in [0.3, 0.4) is 0 Å². The first-order chi connectivity index (χ1) is 15.9. The van der Waals surface area contributed by atoms with Crippen molar-refractivity contribution in [2.24, 2.45) is 0 Å². The van der Waals surface area contributed by atoms with E-state index in [1.54, 1.807) is 12.1 Å². The van der Waals surface area contributed by atoms with Crippen molar-refractivity contribution in [2.45, 2.75) is 25.7 Å². The third kappa shape index (κ3) is 5.74. The number of hydrogen-bond donors (Lipinski definition) is 0. The van der Waals surface area contributed by atoms with Gasteiger partial charge in [-0.1, -0.05) is 36.4 Å². The van der Waals surface area contributed by atoms with E-state index in [-0.39, 0.29) is 18.1 Å². The van der Waals surface area contributed by atoms with Gasteiger partial charge in [0.2, 0.25) is 0 Å². The molecule has 33 heavy (non-hydrogen) atoms. The summed E-state index contributed by atoms with van der Waals surface area (Å²) in [7, 11) is -4.31. The van der Waals surface area contributed by atoms with Crippen LogP contribution in [0.1, 0.15) is 0 Å². The van der Waals surface area contributed by atoms with Crippen molar-refractivity contribution in [3.05, 3.63) is 84.9 Å². The van der Waals surface area contributed by atoms with Gasteiger partial charge in [-0.05, 0) is 48.5 Å². The maximum Gasteiger partial charge on any atom is 0.508 e. The standard InChI is InChI=1S/C24H21O7S2/c25-23(29-15-18-16-30-24(26)31-18)17-33(27,28)22-13-11-21(12-14-22)32(19-7-3-1-4-8-19)20-9-5-2-6-10-20/h1-14,18H,15-17H2/q+1. The van der Waals surface area contributed by atoms with Gasteiger partial charge in [-0.2, -0.15) is 0 Å². The maximum absolute atomic E-state index is 12.7. The quantitative estimate of drug-likeness (QED) is 0.355. The normalized spacial score (nSPS) is 15.7.